The van der Waals surface area contributed by atoms with E-state index in [0.717, 1.165) is 51.0 Å². The van der Waals surface area contributed by atoms with Crippen molar-refractivity contribution in [3.63, 3.8) is 0 Å². The Kier molecular flexibility index (Phi) is 9.42. The van der Waals surface area contributed by atoms with Gasteiger partial charge in [-0.15, -0.1) is 0 Å². The normalized spacial score (nSPS) is 27.0. The number of nitrogens with two attached hydrogens (primary N) is 3. The molecule has 0 spiro atoms. The maximum Gasteiger partial charge on any atom is 0.0993 e. The van der Waals surface area contributed by atoms with Crippen LogP contribution < -0.4 is 17.2 Å². The zero-order valence-electron chi connectivity index (χ0n) is 14.9. The average molecular weight is 379 g/mol. The summed E-state index contributed by atoms with van der Waals surface area (Å²) < 4.78 is 5.40. The maximum absolute atomic E-state index is 6.45. The number of hydrogen-bond donors (Lipinski definition) is 3. The SMILES string of the molecule is C.NC(N)=C/C=C(\N)Cl.[B]C([B])(C1CCOCC1)N1CC2CCCC2C1. The van der Waals surface area contributed by atoms with E-state index < -0.39 is 5.34 Å². The van der Waals surface area contributed by atoms with E-state index in [9.17, 15) is 0 Å². The number of nitrogens with zero attached hydrogens (tertiary/aromatic N) is 1. The predicted octanol–water partition coefficient (Wildman–Crippen LogP) is 1.56. The first kappa shape index (κ1) is 23.3. The van der Waals surface area contributed by atoms with E-state index >= 15 is 0 Å². The van der Waals surface area contributed by atoms with Gasteiger partial charge in [0, 0.05) is 26.3 Å². The molecule has 144 valence electrons. The molecular weight excluding hydrogens is 345 g/mol. The smallest absolute Gasteiger partial charge is 0.0993 e. The minimum absolute atomic E-state index is 0. The number of likely N-dealkylation sites (tertiary alicyclic amines) is 1. The molecule has 3 fully saturated rings. The van der Waals surface area contributed by atoms with Crippen LogP contribution in [0.1, 0.15) is 39.5 Å². The molecule has 3 aliphatic rings. The van der Waals surface area contributed by atoms with Gasteiger partial charge in [0.1, 0.15) is 0 Å². The van der Waals surface area contributed by atoms with Crippen molar-refractivity contribution in [3.05, 3.63) is 23.1 Å². The van der Waals surface area contributed by atoms with Crippen molar-refractivity contribution < 1.29 is 4.74 Å². The van der Waals surface area contributed by atoms with Gasteiger partial charge in [-0.1, -0.05) is 30.8 Å². The van der Waals surface area contributed by atoms with Gasteiger partial charge in [-0.3, -0.25) is 0 Å². The Balaban J connectivity index is 0.000000325. The summed E-state index contributed by atoms with van der Waals surface area (Å²) in [6, 6.07) is 0. The summed E-state index contributed by atoms with van der Waals surface area (Å²) in [5.41, 5.74) is 15.1. The minimum Gasteiger partial charge on any atom is -0.389 e. The van der Waals surface area contributed by atoms with E-state index in [4.69, 9.17) is 49.2 Å². The first-order chi connectivity index (χ1) is 11.8. The molecule has 1 saturated carbocycles. The fourth-order valence-corrected chi connectivity index (χ4v) is 4.21. The van der Waals surface area contributed by atoms with Gasteiger partial charge >= 0.3 is 0 Å². The monoisotopic (exact) mass is 378 g/mol. The maximum atomic E-state index is 6.45. The molecule has 0 amide bonds. The molecule has 2 unspecified atom stereocenters. The van der Waals surface area contributed by atoms with Crippen molar-refractivity contribution in [1.82, 2.24) is 4.90 Å². The van der Waals surface area contributed by atoms with Crippen LogP contribution in [0.15, 0.2) is 23.1 Å². The Morgan fingerprint density at radius 1 is 1.00 bits per heavy atom. The number of halogens is 1. The van der Waals surface area contributed by atoms with Crippen LogP contribution in [0.5, 0.6) is 0 Å². The molecule has 2 aliphatic heterocycles. The first-order valence-electron chi connectivity index (χ1n) is 9.05. The molecular formula is C18H33B2ClN4O. The number of ether oxygens (including phenoxy) is 1. The molecule has 1 aliphatic carbocycles. The molecule has 4 radical (unpaired) electrons. The van der Waals surface area contributed by atoms with Crippen LogP contribution in [0, 0.1) is 17.8 Å². The molecule has 6 N–H and O–H groups in total. The zero-order valence-corrected chi connectivity index (χ0v) is 15.6. The third-order valence-corrected chi connectivity index (χ3v) is 5.71. The lowest BCUT2D eigenvalue weighted by Crippen LogP contribution is -2.55. The van der Waals surface area contributed by atoms with E-state index in [-0.39, 0.29) is 18.4 Å². The summed E-state index contributed by atoms with van der Waals surface area (Å²) in [6.45, 7) is 3.88. The minimum atomic E-state index is -0.603. The first-order valence-corrected chi connectivity index (χ1v) is 9.43. The molecule has 2 atom stereocenters. The molecule has 0 bridgehead atoms. The molecule has 2 saturated heterocycles. The van der Waals surface area contributed by atoms with Crippen LogP contribution in [-0.2, 0) is 4.74 Å². The number of rotatable bonds is 3. The van der Waals surface area contributed by atoms with Crippen LogP contribution in [0.2, 0.25) is 0 Å². The van der Waals surface area contributed by atoms with Crippen LogP contribution in [0.3, 0.4) is 0 Å². The van der Waals surface area contributed by atoms with Crippen molar-refractivity contribution in [1.29, 1.82) is 0 Å². The molecule has 5 nitrogen and oxygen atoms in total. The van der Waals surface area contributed by atoms with Gasteiger partial charge in [0.15, 0.2) is 0 Å². The second-order valence-corrected chi connectivity index (χ2v) is 7.78. The van der Waals surface area contributed by atoms with Gasteiger partial charge in [0.05, 0.1) is 26.7 Å². The second kappa shape index (κ2) is 10.5. The highest BCUT2D eigenvalue weighted by molar-refractivity contribution is 6.40. The standard InChI is InChI=1S/C13H21B2NO.C4H8ClN3.CH4/c14-13(15,12-4-6-17-7-5-12)16-8-10-2-1-3-11(10)9-16;5-3(6)1-2-4(7)8;/h10-12H,1-9H2;1-2H,6-8H2;1H4/b;3-1-;. The fourth-order valence-electron chi connectivity index (χ4n) is 4.15. The Morgan fingerprint density at radius 3 is 1.96 bits per heavy atom. The Labute approximate surface area is 166 Å². The Hall–Kier alpha value is -0.780. The summed E-state index contributed by atoms with van der Waals surface area (Å²) in [7, 11) is 12.9. The lowest BCUT2D eigenvalue weighted by Gasteiger charge is -2.45. The third-order valence-electron chi connectivity index (χ3n) is 5.58. The van der Waals surface area contributed by atoms with Crippen LogP contribution in [0.4, 0.5) is 0 Å². The summed E-state index contributed by atoms with van der Waals surface area (Å²) in [5, 5.41) is -0.438. The van der Waals surface area contributed by atoms with Gasteiger partial charge in [0.25, 0.3) is 0 Å². The van der Waals surface area contributed by atoms with Gasteiger partial charge in [-0.2, -0.15) is 0 Å². The van der Waals surface area contributed by atoms with Gasteiger partial charge in [-0.05, 0) is 55.6 Å². The number of fused-ring (bicyclic) bond motifs is 1. The highest BCUT2D eigenvalue weighted by Gasteiger charge is 2.43. The van der Waals surface area contributed by atoms with Crippen LogP contribution in [0.25, 0.3) is 0 Å². The largest absolute Gasteiger partial charge is 0.389 e. The predicted molar refractivity (Wildman–Crippen MR) is 111 cm³/mol. The van der Waals surface area contributed by atoms with E-state index in [1.807, 2.05) is 0 Å². The summed E-state index contributed by atoms with van der Waals surface area (Å²) >= 11 is 5.21. The second-order valence-electron chi connectivity index (χ2n) is 7.35. The van der Waals surface area contributed by atoms with Crippen molar-refractivity contribution in [2.45, 2.75) is 44.9 Å². The van der Waals surface area contributed by atoms with Crippen LogP contribution >= 0.6 is 11.6 Å². The van der Waals surface area contributed by atoms with Crippen molar-refractivity contribution in [3.8, 4) is 0 Å². The lowest BCUT2D eigenvalue weighted by atomic mass is 9.52. The van der Waals surface area contributed by atoms with Crippen molar-refractivity contribution in [2.75, 3.05) is 26.3 Å². The van der Waals surface area contributed by atoms with E-state index in [1.54, 1.807) is 0 Å². The molecule has 8 heteroatoms. The van der Waals surface area contributed by atoms with E-state index in [1.165, 1.54) is 31.4 Å². The lowest BCUT2D eigenvalue weighted by molar-refractivity contribution is 0.0375. The van der Waals surface area contributed by atoms with Gasteiger partial charge < -0.3 is 26.8 Å². The topological polar surface area (TPSA) is 90.5 Å². The molecule has 3 rings (SSSR count). The molecule has 0 aromatic carbocycles. The molecule has 26 heavy (non-hydrogen) atoms. The van der Waals surface area contributed by atoms with E-state index in [0.29, 0.717) is 5.92 Å². The van der Waals surface area contributed by atoms with E-state index in [2.05, 4.69) is 4.90 Å². The van der Waals surface area contributed by atoms with Gasteiger partial charge in [-0.25, -0.2) is 0 Å². The van der Waals surface area contributed by atoms with Gasteiger partial charge in [0.2, 0.25) is 0 Å². The number of hydrogen-bond acceptors (Lipinski definition) is 5. The zero-order chi connectivity index (χ0) is 18.4. The average Bonchev–Trinajstić information content (AvgIpc) is 3.16. The molecule has 0 aromatic rings. The Morgan fingerprint density at radius 2 is 1.54 bits per heavy atom. The summed E-state index contributed by atoms with van der Waals surface area (Å²) in [5.74, 6) is 2.31. The molecule has 0 aromatic heterocycles. The highest BCUT2D eigenvalue weighted by Crippen LogP contribution is 2.41. The number of allylic oxidation sites excluding steroid dienone is 2. The summed E-state index contributed by atoms with van der Waals surface area (Å²) in [4.78, 5) is 2.36. The van der Waals surface area contributed by atoms with Crippen LogP contribution in [-0.4, -0.2) is 52.2 Å². The van der Waals surface area contributed by atoms with Crippen molar-refractivity contribution >= 4 is 27.3 Å². The summed E-state index contributed by atoms with van der Waals surface area (Å²) in [6.07, 6.45) is 9.02. The van der Waals surface area contributed by atoms with Crippen molar-refractivity contribution in [2.24, 2.45) is 35.0 Å². The Bertz CT molecular complexity index is 460. The molecule has 2 heterocycles. The highest BCUT2D eigenvalue weighted by atomic mass is 35.5. The quantitative estimate of drug-likeness (QED) is 0.394. The fraction of sp³-hybridized carbons (Fsp3) is 0.778. The third kappa shape index (κ3) is 6.43.